The van der Waals surface area contributed by atoms with Crippen LogP contribution in [0.4, 0.5) is 0 Å². The maximum Gasteiger partial charge on any atom is 0.225 e. The van der Waals surface area contributed by atoms with Gasteiger partial charge in [0.2, 0.25) is 5.91 Å². The number of rotatable bonds is 5. The highest BCUT2D eigenvalue weighted by Gasteiger charge is 2.26. The van der Waals surface area contributed by atoms with Gasteiger partial charge in [-0.3, -0.25) is 4.79 Å². The van der Waals surface area contributed by atoms with Gasteiger partial charge in [-0.05, 0) is 30.5 Å². The molecule has 0 aliphatic rings. The minimum Gasteiger partial charge on any atom is -0.345 e. The molecule has 21 heavy (non-hydrogen) atoms. The van der Waals surface area contributed by atoms with E-state index in [2.05, 4.69) is 5.32 Å². The second-order valence-corrected chi connectivity index (χ2v) is 5.55. The highest BCUT2D eigenvalue weighted by molar-refractivity contribution is 5.80. The summed E-state index contributed by atoms with van der Waals surface area (Å²) in [7, 11) is 0. The third-order valence-corrected chi connectivity index (χ3v) is 3.85. The Labute approximate surface area is 126 Å². The highest BCUT2D eigenvalue weighted by Crippen LogP contribution is 2.19. The smallest absolute Gasteiger partial charge is 0.225 e. The van der Waals surface area contributed by atoms with Crippen LogP contribution in [-0.4, -0.2) is 12.5 Å². The molecule has 0 aliphatic carbocycles. The Hall–Kier alpha value is -2.13. The topological polar surface area (TPSA) is 55.1 Å². The van der Waals surface area contributed by atoms with Gasteiger partial charge >= 0.3 is 0 Å². The summed E-state index contributed by atoms with van der Waals surface area (Å²) in [6.45, 7) is 4.33. The largest absolute Gasteiger partial charge is 0.345 e. The Bertz CT molecular complexity index is 610. The molecule has 110 valence electrons. The molecule has 0 fully saturated rings. The first-order chi connectivity index (χ1) is 10.0. The zero-order chi connectivity index (χ0) is 15.3. The molecule has 2 aromatic rings. The Balaban J connectivity index is 2.12. The van der Waals surface area contributed by atoms with Gasteiger partial charge in [0.25, 0.3) is 0 Å². The van der Waals surface area contributed by atoms with E-state index in [-0.39, 0.29) is 5.91 Å². The number of carbonyl (C=O) groups is 1. The zero-order valence-electron chi connectivity index (χ0n) is 12.6. The predicted molar refractivity (Wildman–Crippen MR) is 85.9 cm³/mol. The van der Waals surface area contributed by atoms with E-state index in [1.807, 2.05) is 68.4 Å². The van der Waals surface area contributed by atoms with Gasteiger partial charge in [0.1, 0.15) is 0 Å². The molecule has 0 saturated carbocycles. The van der Waals surface area contributed by atoms with Crippen molar-refractivity contribution in [1.29, 1.82) is 0 Å². The first-order valence-corrected chi connectivity index (χ1v) is 7.16. The summed E-state index contributed by atoms with van der Waals surface area (Å²) in [5.74, 6) is -0.0129. The average molecular weight is 282 g/mol. The van der Waals surface area contributed by atoms with Crippen molar-refractivity contribution in [3.05, 3.63) is 71.3 Å². The van der Waals surface area contributed by atoms with Crippen LogP contribution in [0.25, 0.3) is 0 Å². The van der Waals surface area contributed by atoms with Crippen LogP contribution in [0.15, 0.2) is 54.6 Å². The summed E-state index contributed by atoms with van der Waals surface area (Å²) >= 11 is 0. The van der Waals surface area contributed by atoms with E-state index in [0.717, 1.165) is 16.7 Å². The molecule has 2 aromatic carbocycles. The van der Waals surface area contributed by atoms with E-state index in [0.29, 0.717) is 13.0 Å². The van der Waals surface area contributed by atoms with Crippen LogP contribution >= 0.6 is 0 Å². The molecule has 2 rings (SSSR count). The van der Waals surface area contributed by atoms with E-state index in [4.69, 9.17) is 5.73 Å². The molecule has 3 N–H and O–H groups in total. The minimum absolute atomic E-state index is 0.0129. The molecule has 1 amide bonds. The van der Waals surface area contributed by atoms with Crippen LogP contribution in [-0.2, 0) is 16.8 Å². The lowest BCUT2D eigenvalue weighted by molar-refractivity contribution is -0.122. The van der Waals surface area contributed by atoms with Crippen molar-refractivity contribution >= 4 is 5.91 Å². The van der Waals surface area contributed by atoms with Crippen molar-refractivity contribution in [2.45, 2.75) is 25.8 Å². The number of benzene rings is 2. The lowest BCUT2D eigenvalue weighted by Gasteiger charge is -2.30. The molecular weight excluding hydrogens is 260 g/mol. The number of hydrogen-bond donors (Lipinski definition) is 2. The predicted octanol–water partition coefficient (Wildman–Crippen LogP) is 2.53. The maximum absolute atomic E-state index is 12.3. The van der Waals surface area contributed by atoms with Crippen molar-refractivity contribution < 1.29 is 4.79 Å². The number of nitrogens with two attached hydrogens (primary N) is 1. The van der Waals surface area contributed by atoms with Crippen molar-refractivity contribution in [3.63, 3.8) is 0 Å². The minimum atomic E-state index is -0.541. The van der Waals surface area contributed by atoms with Gasteiger partial charge in [0, 0.05) is 6.54 Å². The summed E-state index contributed by atoms with van der Waals surface area (Å²) < 4.78 is 0. The number of amides is 1. The van der Waals surface area contributed by atoms with Crippen molar-refractivity contribution in [2.24, 2.45) is 5.73 Å². The SMILES string of the molecule is Cc1ccccc1CC(=O)NC(C)(CN)c1ccccc1. The molecule has 0 radical (unpaired) electrons. The standard InChI is InChI=1S/C18H22N2O/c1-14-8-6-7-9-15(14)12-17(21)20-18(2,13-19)16-10-4-3-5-11-16/h3-11H,12-13,19H2,1-2H3,(H,20,21). The average Bonchev–Trinajstić information content (AvgIpc) is 2.50. The fraction of sp³-hybridized carbons (Fsp3) is 0.278. The van der Waals surface area contributed by atoms with E-state index in [9.17, 15) is 4.79 Å². The van der Waals surface area contributed by atoms with Gasteiger partial charge in [-0.15, -0.1) is 0 Å². The molecular formula is C18H22N2O. The maximum atomic E-state index is 12.3. The van der Waals surface area contributed by atoms with E-state index < -0.39 is 5.54 Å². The molecule has 3 nitrogen and oxygen atoms in total. The molecule has 0 aromatic heterocycles. The molecule has 3 heteroatoms. The number of nitrogens with one attached hydrogen (secondary N) is 1. The molecule has 0 heterocycles. The van der Waals surface area contributed by atoms with Crippen LogP contribution in [0, 0.1) is 6.92 Å². The van der Waals surface area contributed by atoms with Gasteiger partial charge in [-0.2, -0.15) is 0 Å². The van der Waals surface area contributed by atoms with Crippen LogP contribution in [0.1, 0.15) is 23.6 Å². The molecule has 0 aliphatic heterocycles. The van der Waals surface area contributed by atoms with Gasteiger partial charge in [-0.25, -0.2) is 0 Å². The van der Waals surface area contributed by atoms with Crippen molar-refractivity contribution in [1.82, 2.24) is 5.32 Å². The Kier molecular flexibility index (Phi) is 4.76. The number of aryl methyl sites for hydroxylation is 1. The Morgan fingerprint density at radius 2 is 1.71 bits per heavy atom. The molecule has 0 spiro atoms. The van der Waals surface area contributed by atoms with Gasteiger partial charge in [0.15, 0.2) is 0 Å². The van der Waals surface area contributed by atoms with Crippen LogP contribution < -0.4 is 11.1 Å². The third kappa shape index (κ3) is 3.70. The van der Waals surface area contributed by atoms with Crippen LogP contribution in [0.3, 0.4) is 0 Å². The summed E-state index contributed by atoms with van der Waals surface area (Å²) in [6.07, 6.45) is 0.370. The summed E-state index contributed by atoms with van der Waals surface area (Å²) in [4.78, 5) is 12.3. The first kappa shape index (κ1) is 15.3. The Morgan fingerprint density at radius 3 is 2.33 bits per heavy atom. The van der Waals surface area contributed by atoms with Crippen molar-refractivity contribution in [3.8, 4) is 0 Å². The number of carbonyl (C=O) groups excluding carboxylic acids is 1. The summed E-state index contributed by atoms with van der Waals surface area (Å²) in [6, 6.07) is 17.8. The lowest BCUT2D eigenvalue weighted by atomic mass is 9.91. The van der Waals surface area contributed by atoms with Crippen LogP contribution in [0.5, 0.6) is 0 Å². The second-order valence-electron chi connectivity index (χ2n) is 5.55. The van der Waals surface area contributed by atoms with Gasteiger partial charge < -0.3 is 11.1 Å². The second kappa shape index (κ2) is 6.55. The molecule has 1 atom stereocenters. The Morgan fingerprint density at radius 1 is 1.10 bits per heavy atom. The zero-order valence-corrected chi connectivity index (χ0v) is 12.6. The van der Waals surface area contributed by atoms with E-state index in [1.165, 1.54) is 0 Å². The van der Waals surface area contributed by atoms with Crippen molar-refractivity contribution in [2.75, 3.05) is 6.54 Å². The molecule has 0 saturated heterocycles. The fourth-order valence-corrected chi connectivity index (χ4v) is 2.38. The third-order valence-electron chi connectivity index (χ3n) is 3.85. The normalized spacial score (nSPS) is 13.5. The van der Waals surface area contributed by atoms with E-state index >= 15 is 0 Å². The first-order valence-electron chi connectivity index (χ1n) is 7.16. The van der Waals surface area contributed by atoms with Gasteiger partial charge in [-0.1, -0.05) is 54.6 Å². The summed E-state index contributed by atoms with van der Waals surface area (Å²) in [5, 5.41) is 3.07. The monoisotopic (exact) mass is 282 g/mol. The summed E-state index contributed by atoms with van der Waals surface area (Å²) in [5.41, 5.74) is 8.54. The van der Waals surface area contributed by atoms with Gasteiger partial charge in [0.05, 0.1) is 12.0 Å². The lowest BCUT2D eigenvalue weighted by Crippen LogP contribution is -2.49. The quantitative estimate of drug-likeness (QED) is 0.885. The van der Waals surface area contributed by atoms with Crippen LogP contribution in [0.2, 0.25) is 0 Å². The molecule has 1 unspecified atom stereocenters. The highest BCUT2D eigenvalue weighted by atomic mass is 16.1. The molecule has 0 bridgehead atoms. The van der Waals surface area contributed by atoms with E-state index in [1.54, 1.807) is 0 Å². The fourth-order valence-electron chi connectivity index (χ4n) is 2.38. The number of hydrogen-bond acceptors (Lipinski definition) is 2.